The fourth-order valence-corrected chi connectivity index (χ4v) is 12.9. The molecule has 10 heteroatoms. The van der Waals surface area contributed by atoms with E-state index in [-0.39, 0.29) is 23.3 Å². The van der Waals surface area contributed by atoms with Crippen LogP contribution in [0.1, 0.15) is 112 Å². The highest BCUT2D eigenvalue weighted by Gasteiger charge is 2.12. The van der Waals surface area contributed by atoms with Gasteiger partial charge in [-0.15, -0.1) is 45.3 Å². The lowest BCUT2D eigenvalue weighted by atomic mass is 10.0. The van der Waals surface area contributed by atoms with Crippen molar-refractivity contribution in [1.82, 2.24) is 0 Å². The Morgan fingerprint density at radius 1 is 0.309 bits per heavy atom. The number of rotatable bonds is 24. The zero-order valence-corrected chi connectivity index (χ0v) is 44.8. The van der Waals surface area contributed by atoms with Gasteiger partial charge in [-0.05, 0) is 177 Å². The quantitative estimate of drug-likeness (QED) is 0.0418. The summed E-state index contributed by atoms with van der Waals surface area (Å²) in [6.45, 7) is 0. The lowest BCUT2D eigenvalue weighted by Crippen LogP contribution is -1.91. The van der Waals surface area contributed by atoms with Crippen molar-refractivity contribution in [2.24, 2.45) is 0 Å². The number of benzene rings is 4. The van der Waals surface area contributed by atoms with E-state index < -0.39 is 0 Å². The third-order valence-electron chi connectivity index (χ3n) is 12.2. The molecule has 68 heavy (non-hydrogen) atoms. The third kappa shape index (κ3) is 16.2. The van der Waals surface area contributed by atoms with E-state index in [4.69, 9.17) is 0 Å². The first-order valence-corrected chi connectivity index (χ1v) is 28.9. The van der Waals surface area contributed by atoms with Crippen LogP contribution in [0.4, 0.5) is 17.6 Å². The lowest BCUT2D eigenvalue weighted by Gasteiger charge is -2.06. The second-order valence-electron chi connectivity index (χ2n) is 17.4. The average Bonchev–Trinajstić information content (AvgIpc) is 4.19. The van der Waals surface area contributed by atoms with Crippen molar-refractivity contribution >= 4 is 77.2 Å². The number of hydrogen-bond acceptors (Lipinski definition) is 4. The van der Waals surface area contributed by atoms with Crippen molar-refractivity contribution in [1.29, 1.82) is 0 Å². The van der Waals surface area contributed by atoms with Crippen LogP contribution in [0.2, 0.25) is 0 Å². The fraction of sp³-hybridized carbons (Fsp3) is 0.310. The summed E-state index contributed by atoms with van der Waals surface area (Å²) in [6.07, 6.45) is 20.2. The fourth-order valence-electron chi connectivity index (χ4n) is 8.52. The molecule has 0 aliphatic heterocycles. The van der Waals surface area contributed by atoms with Gasteiger partial charge in [-0.25, -0.2) is 17.6 Å². The summed E-state index contributed by atoms with van der Waals surface area (Å²) in [7, 11) is 0. The molecule has 8 aromatic rings. The molecule has 0 amide bonds. The summed E-state index contributed by atoms with van der Waals surface area (Å²) in [5.41, 5.74) is 7.09. The van der Waals surface area contributed by atoms with Gasteiger partial charge in [0.25, 0.3) is 0 Å². The Labute approximate surface area is 433 Å². The molecular weight excluding hydrogens is 1060 g/mol. The van der Waals surface area contributed by atoms with E-state index in [9.17, 15) is 17.6 Å². The molecule has 0 unspecified atom stereocenters. The van der Waals surface area contributed by atoms with Gasteiger partial charge in [0.15, 0.2) is 0 Å². The molecule has 0 aliphatic carbocycles. The van der Waals surface area contributed by atoms with E-state index in [2.05, 4.69) is 56.1 Å². The van der Waals surface area contributed by atoms with Crippen molar-refractivity contribution in [2.45, 2.75) is 116 Å². The van der Waals surface area contributed by atoms with Crippen molar-refractivity contribution in [2.75, 3.05) is 0 Å². The maximum absolute atomic E-state index is 14.5. The number of unbranched alkanes of at least 4 members (excludes halogenated alkanes) is 12. The van der Waals surface area contributed by atoms with E-state index in [0.717, 1.165) is 101 Å². The van der Waals surface area contributed by atoms with E-state index in [1.165, 1.54) is 64.2 Å². The normalized spacial score (nSPS) is 11.3. The monoisotopic (exact) mass is 1120 g/mol. The van der Waals surface area contributed by atoms with Crippen molar-refractivity contribution < 1.29 is 17.6 Å². The highest BCUT2D eigenvalue weighted by Crippen LogP contribution is 2.35. The van der Waals surface area contributed by atoms with Gasteiger partial charge < -0.3 is 0 Å². The van der Waals surface area contributed by atoms with Gasteiger partial charge in [-0.3, -0.25) is 0 Å². The Morgan fingerprint density at radius 2 is 0.588 bits per heavy atom. The Bertz CT molecular complexity index is 2550. The van der Waals surface area contributed by atoms with E-state index in [1.807, 2.05) is 83.6 Å². The number of thiophene rings is 4. The van der Waals surface area contributed by atoms with Crippen LogP contribution < -0.4 is 0 Å². The molecule has 0 saturated carbocycles. The highest BCUT2D eigenvalue weighted by molar-refractivity contribution is 9.11. The van der Waals surface area contributed by atoms with Gasteiger partial charge in [-0.1, -0.05) is 125 Å². The summed E-state index contributed by atoms with van der Waals surface area (Å²) in [5, 5.41) is 3.96. The van der Waals surface area contributed by atoms with E-state index >= 15 is 0 Å². The smallest absolute Gasteiger partial charge is 0.132 e. The molecule has 0 nitrogen and oxygen atoms in total. The largest absolute Gasteiger partial charge is 0.206 e. The molecule has 4 heterocycles. The van der Waals surface area contributed by atoms with Gasteiger partial charge in [0.1, 0.15) is 23.3 Å². The number of hydrogen-bond donors (Lipinski definition) is 0. The average molecular weight is 1120 g/mol. The standard InChI is InChI=1S/C29H28Br2F2S2.C29H30F2S2/c30-28-16-14-26(34-28)22-12-10-20(18-24(22)32)8-6-4-2-1-3-5-7-9-21-11-13-23(25(33)19-21)27-15-17-29(31)35-27;30-26-20-22(14-16-24(26)28-12-8-18-32-28)10-6-4-2-1-3-5-7-11-23-15-17-25(27(31)21-23)29-13-9-19-33-29/h10-19H,1-9H2;8-9,12-21H,1-7,10-11H2. The van der Waals surface area contributed by atoms with Gasteiger partial charge in [-0.2, -0.15) is 0 Å². The molecule has 0 atom stereocenters. The zero-order valence-electron chi connectivity index (χ0n) is 38.3. The van der Waals surface area contributed by atoms with Crippen LogP contribution >= 0.6 is 77.2 Å². The first kappa shape index (κ1) is 52.2. The Kier molecular flexibility index (Phi) is 21.2. The minimum absolute atomic E-state index is 0.115. The van der Waals surface area contributed by atoms with Crippen LogP contribution in [0.25, 0.3) is 41.8 Å². The van der Waals surface area contributed by atoms with Crippen molar-refractivity contribution in [3.63, 3.8) is 0 Å². The second-order valence-corrected chi connectivity index (χ2v) is 24.2. The SMILES string of the molecule is Fc1cc(CCCCCCCCCc2ccc(-c3ccc(Br)s3)c(F)c2)ccc1-c1ccc(Br)s1.Fc1cc(CCCCCCCCCc2ccc(-c3cccs3)c(F)c2)ccc1-c1cccs1. The van der Waals surface area contributed by atoms with Gasteiger partial charge >= 0.3 is 0 Å². The summed E-state index contributed by atoms with van der Waals surface area (Å²) in [4.78, 5) is 3.88. The predicted octanol–water partition coefficient (Wildman–Crippen LogP) is 21.4. The van der Waals surface area contributed by atoms with Crippen LogP contribution in [-0.2, 0) is 25.7 Å². The predicted molar refractivity (Wildman–Crippen MR) is 294 cm³/mol. The van der Waals surface area contributed by atoms with Gasteiger partial charge in [0.05, 0.1) is 7.57 Å². The molecule has 0 aliphatic rings. The third-order valence-corrected chi connectivity index (χ3v) is 17.4. The molecule has 0 saturated heterocycles. The number of halogens is 6. The van der Waals surface area contributed by atoms with Crippen molar-refractivity contribution in [3.05, 3.63) is 185 Å². The summed E-state index contributed by atoms with van der Waals surface area (Å²) in [6, 6.07) is 38.3. The molecule has 356 valence electrons. The minimum atomic E-state index is -0.133. The summed E-state index contributed by atoms with van der Waals surface area (Å²) in [5.74, 6) is -0.496. The van der Waals surface area contributed by atoms with Crippen LogP contribution in [0.5, 0.6) is 0 Å². The van der Waals surface area contributed by atoms with Crippen LogP contribution in [0.3, 0.4) is 0 Å². The molecular formula is C58H58Br2F4S4. The molecule has 0 bridgehead atoms. The topological polar surface area (TPSA) is 0 Å². The van der Waals surface area contributed by atoms with Crippen LogP contribution in [0, 0.1) is 23.3 Å². The molecule has 0 radical (unpaired) electrons. The number of aryl methyl sites for hydroxylation is 4. The summed E-state index contributed by atoms with van der Waals surface area (Å²) >= 11 is 13.1. The minimum Gasteiger partial charge on any atom is -0.206 e. The Morgan fingerprint density at radius 3 is 0.824 bits per heavy atom. The second kappa shape index (κ2) is 27.7. The maximum Gasteiger partial charge on any atom is 0.132 e. The molecule has 0 N–H and O–H groups in total. The highest BCUT2D eigenvalue weighted by atomic mass is 79.9. The molecule has 4 aromatic heterocycles. The first-order valence-electron chi connectivity index (χ1n) is 23.9. The van der Waals surface area contributed by atoms with E-state index in [1.54, 1.807) is 69.6 Å². The van der Waals surface area contributed by atoms with Gasteiger partial charge in [0.2, 0.25) is 0 Å². The molecule has 8 rings (SSSR count). The maximum atomic E-state index is 14.5. The Hall–Kier alpha value is -3.64. The molecule has 0 spiro atoms. The molecule has 0 fully saturated rings. The zero-order chi connectivity index (χ0) is 47.5. The molecule has 4 aromatic carbocycles. The summed E-state index contributed by atoms with van der Waals surface area (Å²) < 4.78 is 59.8. The Balaban J connectivity index is 0.000000202. The lowest BCUT2D eigenvalue weighted by molar-refractivity contribution is 0.576. The first-order chi connectivity index (χ1) is 33.2. The van der Waals surface area contributed by atoms with E-state index in [0.29, 0.717) is 22.3 Å². The van der Waals surface area contributed by atoms with Crippen LogP contribution in [-0.4, -0.2) is 0 Å². The van der Waals surface area contributed by atoms with Crippen molar-refractivity contribution in [3.8, 4) is 41.8 Å². The van der Waals surface area contributed by atoms with Gasteiger partial charge in [0, 0.05) is 41.8 Å². The van der Waals surface area contributed by atoms with Crippen LogP contribution in [0.15, 0.2) is 140 Å².